The molecule has 0 radical (unpaired) electrons. The summed E-state index contributed by atoms with van der Waals surface area (Å²) in [6.07, 6.45) is 0.621. The minimum absolute atomic E-state index is 0.227. The Morgan fingerprint density at radius 1 is 1.29 bits per heavy atom. The van der Waals surface area contributed by atoms with Gasteiger partial charge in [0.25, 0.3) is 5.95 Å². The minimum atomic E-state index is 0.227. The maximum absolute atomic E-state index is 10.4. The first-order valence-electron chi connectivity index (χ1n) is 4.79. The number of halogens is 1. The zero-order valence-corrected chi connectivity index (χ0v) is 10.6. The van der Waals surface area contributed by atoms with E-state index in [0.717, 1.165) is 10.2 Å². The minimum Gasteiger partial charge on any atom is -0.497 e. The summed E-state index contributed by atoms with van der Waals surface area (Å²) in [4.78, 5) is 10.4. The van der Waals surface area contributed by atoms with Gasteiger partial charge in [-0.1, -0.05) is 0 Å². The fraction of sp³-hybridized carbons (Fsp3) is 0.0833. The molecule has 0 aliphatic rings. The number of rotatable bonds is 4. The topological polar surface area (TPSA) is 48.7 Å². The Labute approximate surface area is 106 Å². The number of aldehydes is 1. The Morgan fingerprint density at radius 2 is 2.12 bits per heavy atom. The lowest BCUT2D eigenvalue weighted by Gasteiger charge is -2.06. The van der Waals surface area contributed by atoms with Crippen molar-refractivity contribution in [1.29, 1.82) is 0 Å². The highest BCUT2D eigenvalue weighted by Gasteiger charge is 2.07. The molecule has 0 spiro atoms. The lowest BCUT2D eigenvalue weighted by atomic mass is 10.3. The molecule has 0 atom stereocenters. The van der Waals surface area contributed by atoms with E-state index in [1.165, 1.54) is 0 Å². The van der Waals surface area contributed by atoms with E-state index < -0.39 is 0 Å². The number of hydrogen-bond donors (Lipinski definition) is 0. The lowest BCUT2D eigenvalue weighted by Crippen LogP contribution is -1.86. The van der Waals surface area contributed by atoms with Gasteiger partial charge >= 0.3 is 0 Å². The monoisotopic (exact) mass is 296 g/mol. The Bertz CT molecular complexity index is 533. The zero-order valence-electron chi connectivity index (χ0n) is 8.98. The summed E-state index contributed by atoms with van der Waals surface area (Å²) in [5, 5.41) is 0. The lowest BCUT2D eigenvalue weighted by molar-refractivity contribution is 0.109. The van der Waals surface area contributed by atoms with Gasteiger partial charge in [0.15, 0.2) is 12.0 Å². The predicted octanol–water partition coefficient (Wildman–Crippen LogP) is 3.66. The van der Waals surface area contributed by atoms with E-state index in [1.807, 2.05) is 0 Å². The molecule has 1 aromatic heterocycles. The van der Waals surface area contributed by atoms with E-state index in [0.29, 0.717) is 12.0 Å². The van der Waals surface area contributed by atoms with E-state index in [9.17, 15) is 4.79 Å². The summed E-state index contributed by atoms with van der Waals surface area (Å²) in [7, 11) is 1.59. The molecule has 0 amide bonds. The average molecular weight is 297 g/mol. The summed E-state index contributed by atoms with van der Waals surface area (Å²) in [5.74, 6) is 1.79. The number of carbonyl (C=O) groups excluding carboxylic acids is 1. The fourth-order valence-corrected chi connectivity index (χ4v) is 1.69. The molecule has 1 aromatic carbocycles. The van der Waals surface area contributed by atoms with Crippen molar-refractivity contribution in [2.24, 2.45) is 0 Å². The van der Waals surface area contributed by atoms with Crippen molar-refractivity contribution in [2.75, 3.05) is 7.11 Å². The van der Waals surface area contributed by atoms with Crippen molar-refractivity contribution < 1.29 is 18.7 Å². The van der Waals surface area contributed by atoms with Crippen LogP contribution in [0.2, 0.25) is 0 Å². The van der Waals surface area contributed by atoms with Gasteiger partial charge in [-0.25, -0.2) is 0 Å². The molecule has 1 heterocycles. The van der Waals surface area contributed by atoms with Gasteiger partial charge in [0, 0.05) is 6.07 Å². The van der Waals surface area contributed by atoms with Gasteiger partial charge in [0.1, 0.15) is 11.5 Å². The molecular weight excluding hydrogens is 288 g/mol. The van der Waals surface area contributed by atoms with Crippen molar-refractivity contribution in [2.45, 2.75) is 0 Å². The van der Waals surface area contributed by atoms with Crippen LogP contribution in [0.15, 0.2) is 39.2 Å². The predicted molar refractivity (Wildman–Crippen MR) is 64.9 cm³/mol. The van der Waals surface area contributed by atoms with Crippen LogP contribution < -0.4 is 9.47 Å². The molecule has 88 valence electrons. The van der Waals surface area contributed by atoms with Crippen LogP contribution in [0.5, 0.6) is 17.4 Å². The molecule has 0 N–H and O–H groups in total. The molecule has 0 fully saturated rings. The largest absolute Gasteiger partial charge is 0.497 e. The van der Waals surface area contributed by atoms with Crippen LogP contribution in [0.25, 0.3) is 0 Å². The van der Waals surface area contributed by atoms with Gasteiger partial charge < -0.3 is 13.9 Å². The summed E-state index contributed by atoms with van der Waals surface area (Å²) in [6.45, 7) is 0. The molecule has 17 heavy (non-hydrogen) atoms. The van der Waals surface area contributed by atoms with Gasteiger partial charge in [-0.15, -0.1) is 0 Å². The molecule has 0 bridgehead atoms. The van der Waals surface area contributed by atoms with E-state index in [2.05, 4.69) is 15.9 Å². The summed E-state index contributed by atoms with van der Waals surface area (Å²) in [6, 6.07) is 8.41. The molecule has 0 unspecified atom stereocenters. The number of benzene rings is 1. The quantitative estimate of drug-likeness (QED) is 0.808. The first-order chi connectivity index (χ1) is 8.22. The molecule has 2 rings (SSSR count). The third-order valence-electron chi connectivity index (χ3n) is 2.07. The molecule has 0 saturated carbocycles. The number of carbonyl (C=O) groups is 1. The van der Waals surface area contributed by atoms with Crippen molar-refractivity contribution >= 4 is 22.2 Å². The van der Waals surface area contributed by atoms with Crippen molar-refractivity contribution in [3.63, 3.8) is 0 Å². The molecule has 5 heteroatoms. The van der Waals surface area contributed by atoms with Crippen LogP contribution in [-0.2, 0) is 0 Å². The van der Waals surface area contributed by atoms with Crippen LogP contribution in [0, 0.1) is 0 Å². The summed E-state index contributed by atoms with van der Waals surface area (Å²) < 4.78 is 16.4. The highest BCUT2D eigenvalue weighted by atomic mass is 79.9. The number of methoxy groups -OCH3 is 1. The SMILES string of the molecule is COc1ccc(Oc2ccc(C=O)o2)c(Br)c1. The smallest absolute Gasteiger partial charge is 0.290 e. The number of hydrogen-bond acceptors (Lipinski definition) is 4. The standard InChI is InChI=1S/C12H9BrO4/c1-15-8-2-4-11(10(13)6-8)17-12-5-3-9(7-14)16-12/h2-7H,1H3. The van der Waals surface area contributed by atoms with Crippen LogP contribution in [0.3, 0.4) is 0 Å². The normalized spacial score (nSPS) is 10.0. The third kappa shape index (κ3) is 2.68. The third-order valence-corrected chi connectivity index (χ3v) is 2.69. The van der Waals surface area contributed by atoms with Gasteiger partial charge in [-0.2, -0.15) is 0 Å². The Hall–Kier alpha value is -1.75. The van der Waals surface area contributed by atoms with E-state index >= 15 is 0 Å². The number of furan rings is 1. The van der Waals surface area contributed by atoms with Crippen molar-refractivity contribution in [1.82, 2.24) is 0 Å². The van der Waals surface area contributed by atoms with Crippen molar-refractivity contribution in [3.05, 3.63) is 40.6 Å². The first kappa shape index (κ1) is 11.7. The second kappa shape index (κ2) is 5.05. The summed E-state index contributed by atoms with van der Waals surface area (Å²) in [5.41, 5.74) is 0. The van der Waals surface area contributed by atoms with Gasteiger partial charge in [0.2, 0.25) is 0 Å². The van der Waals surface area contributed by atoms with Crippen molar-refractivity contribution in [3.8, 4) is 17.4 Å². The Morgan fingerprint density at radius 3 is 2.71 bits per heavy atom. The van der Waals surface area contributed by atoms with Crippen LogP contribution >= 0.6 is 15.9 Å². The summed E-state index contributed by atoms with van der Waals surface area (Å²) >= 11 is 3.35. The highest BCUT2D eigenvalue weighted by Crippen LogP contribution is 2.33. The maximum Gasteiger partial charge on any atom is 0.290 e. The molecule has 4 nitrogen and oxygen atoms in total. The molecule has 0 aliphatic heterocycles. The fourth-order valence-electron chi connectivity index (χ4n) is 1.25. The Kier molecular flexibility index (Phi) is 3.49. The second-order valence-electron chi connectivity index (χ2n) is 3.17. The maximum atomic E-state index is 10.4. The first-order valence-corrected chi connectivity index (χ1v) is 5.58. The van der Waals surface area contributed by atoms with E-state index in [4.69, 9.17) is 13.9 Å². The van der Waals surface area contributed by atoms with Crippen LogP contribution in [0.1, 0.15) is 10.6 Å². The highest BCUT2D eigenvalue weighted by molar-refractivity contribution is 9.10. The average Bonchev–Trinajstić information content (AvgIpc) is 2.79. The van der Waals surface area contributed by atoms with Gasteiger partial charge in [-0.05, 0) is 40.2 Å². The number of ether oxygens (including phenoxy) is 2. The Balaban J connectivity index is 2.20. The van der Waals surface area contributed by atoms with Gasteiger partial charge in [0.05, 0.1) is 11.6 Å². The molecule has 0 aliphatic carbocycles. The van der Waals surface area contributed by atoms with E-state index in [-0.39, 0.29) is 11.7 Å². The van der Waals surface area contributed by atoms with Crippen LogP contribution in [-0.4, -0.2) is 13.4 Å². The molecule has 2 aromatic rings. The van der Waals surface area contributed by atoms with Gasteiger partial charge in [-0.3, -0.25) is 4.79 Å². The van der Waals surface area contributed by atoms with E-state index in [1.54, 1.807) is 37.4 Å². The molecular formula is C12H9BrO4. The molecule has 0 saturated heterocycles. The zero-order chi connectivity index (χ0) is 12.3. The van der Waals surface area contributed by atoms with Crippen LogP contribution in [0.4, 0.5) is 0 Å². The second-order valence-corrected chi connectivity index (χ2v) is 4.03.